The van der Waals surface area contributed by atoms with Gasteiger partial charge < -0.3 is 0 Å². The standard InChI is InChI=1S/C11H10N4O/c1-7-4-9(6-12)11(5-10(7)13-3)15-14-8(2)16/h4-5,15H,1-2H3,(H,14,16). The highest BCUT2D eigenvalue weighted by Crippen LogP contribution is 2.26. The molecule has 1 amide bonds. The van der Waals surface area contributed by atoms with E-state index in [-0.39, 0.29) is 5.91 Å². The fourth-order valence-corrected chi connectivity index (χ4v) is 1.17. The van der Waals surface area contributed by atoms with Crippen LogP contribution >= 0.6 is 0 Å². The van der Waals surface area contributed by atoms with Gasteiger partial charge in [-0.3, -0.25) is 15.6 Å². The molecule has 0 aliphatic rings. The number of hydrogen-bond acceptors (Lipinski definition) is 3. The molecule has 0 radical (unpaired) electrons. The molecule has 1 aromatic rings. The molecule has 0 unspecified atom stereocenters. The van der Waals surface area contributed by atoms with Crippen LogP contribution in [0.2, 0.25) is 0 Å². The molecule has 0 aliphatic heterocycles. The summed E-state index contributed by atoms with van der Waals surface area (Å²) in [5.41, 5.74) is 6.96. The van der Waals surface area contributed by atoms with E-state index in [0.717, 1.165) is 5.56 Å². The number of carbonyl (C=O) groups excluding carboxylic acids is 1. The van der Waals surface area contributed by atoms with Gasteiger partial charge in [0.25, 0.3) is 0 Å². The molecule has 16 heavy (non-hydrogen) atoms. The Balaban J connectivity index is 3.12. The van der Waals surface area contributed by atoms with Crippen molar-refractivity contribution < 1.29 is 4.79 Å². The van der Waals surface area contributed by atoms with Crippen LogP contribution in [-0.2, 0) is 4.79 Å². The van der Waals surface area contributed by atoms with Gasteiger partial charge in [-0.2, -0.15) is 5.26 Å². The molecule has 1 rings (SSSR count). The van der Waals surface area contributed by atoms with Crippen LogP contribution in [0.15, 0.2) is 12.1 Å². The first-order valence-electron chi connectivity index (χ1n) is 4.53. The summed E-state index contributed by atoms with van der Waals surface area (Å²) in [4.78, 5) is 14.0. The van der Waals surface area contributed by atoms with Gasteiger partial charge in [0.1, 0.15) is 6.07 Å². The van der Waals surface area contributed by atoms with Gasteiger partial charge in [0.2, 0.25) is 5.91 Å². The van der Waals surface area contributed by atoms with Gasteiger partial charge >= 0.3 is 0 Å². The van der Waals surface area contributed by atoms with Crippen LogP contribution < -0.4 is 10.9 Å². The van der Waals surface area contributed by atoms with Gasteiger partial charge in [-0.25, -0.2) is 4.85 Å². The number of rotatable bonds is 2. The summed E-state index contributed by atoms with van der Waals surface area (Å²) >= 11 is 0. The molecular weight excluding hydrogens is 204 g/mol. The van der Waals surface area contributed by atoms with Gasteiger partial charge in [-0.1, -0.05) is 0 Å². The number of aryl methyl sites for hydroxylation is 1. The number of nitriles is 1. The maximum Gasteiger partial charge on any atom is 0.235 e. The van der Waals surface area contributed by atoms with E-state index in [1.165, 1.54) is 13.0 Å². The van der Waals surface area contributed by atoms with E-state index in [9.17, 15) is 4.79 Å². The first-order valence-corrected chi connectivity index (χ1v) is 4.53. The van der Waals surface area contributed by atoms with E-state index in [1.807, 2.05) is 6.07 Å². The van der Waals surface area contributed by atoms with Gasteiger partial charge in [0, 0.05) is 6.92 Å². The van der Waals surface area contributed by atoms with Crippen molar-refractivity contribution in [2.45, 2.75) is 13.8 Å². The van der Waals surface area contributed by atoms with E-state index in [0.29, 0.717) is 16.9 Å². The molecule has 2 N–H and O–H groups in total. The maximum atomic E-state index is 10.7. The molecule has 0 aromatic heterocycles. The summed E-state index contributed by atoms with van der Waals surface area (Å²) < 4.78 is 0. The Bertz CT molecular complexity index is 508. The van der Waals surface area contributed by atoms with Crippen LogP contribution in [0.3, 0.4) is 0 Å². The third-order valence-corrected chi connectivity index (χ3v) is 1.95. The lowest BCUT2D eigenvalue weighted by Crippen LogP contribution is -2.26. The molecule has 0 saturated heterocycles. The zero-order chi connectivity index (χ0) is 12.1. The maximum absolute atomic E-state index is 10.7. The number of carbonyl (C=O) groups is 1. The van der Waals surface area contributed by atoms with Gasteiger partial charge in [-0.05, 0) is 24.6 Å². The van der Waals surface area contributed by atoms with Crippen LogP contribution in [0.4, 0.5) is 11.4 Å². The van der Waals surface area contributed by atoms with Gasteiger partial charge in [-0.15, -0.1) is 0 Å². The van der Waals surface area contributed by atoms with Crippen LogP contribution in [0.1, 0.15) is 18.1 Å². The Hall–Kier alpha value is -2.53. The molecule has 0 atom stereocenters. The van der Waals surface area contributed by atoms with Gasteiger partial charge in [0.15, 0.2) is 5.69 Å². The van der Waals surface area contributed by atoms with Crippen LogP contribution in [0.25, 0.3) is 4.85 Å². The fourth-order valence-electron chi connectivity index (χ4n) is 1.17. The van der Waals surface area contributed by atoms with Gasteiger partial charge in [0.05, 0.1) is 17.8 Å². The van der Waals surface area contributed by atoms with E-state index >= 15 is 0 Å². The first-order chi connectivity index (χ1) is 7.58. The van der Waals surface area contributed by atoms with E-state index < -0.39 is 0 Å². The molecule has 0 saturated carbocycles. The third-order valence-electron chi connectivity index (χ3n) is 1.95. The molecule has 80 valence electrons. The molecule has 0 bridgehead atoms. The predicted octanol–water partition coefficient (Wildman–Crippen LogP) is 1.88. The number of nitrogens with one attached hydrogen (secondary N) is 2. The molecule has 5 heteroatoms. The van der Waals surface area contributed by atoms with Crippen molar-refractivity contribution in [1.29, 1.82) is 5.26 Å². The summed E-state index contributed by atoms with van der Waals surface area (Å²) in [6.07, 6.45) is 0. The average molecular weight is 214 g/mol. The molecule has 0 heterocycles. The average Bonchev–Trinajstić information content (AvgIpc) is 2.26. The second-order valence-electron chi connectivity index (χ2n) is 3.21. The van der Waals surface area contributed by atoms with Crippen molar-refractivity contribution in [3.63, 3.8) is 0 Å². The lowest BCUT2D eigenvalue weighted by Gasteiger charge is -2.09. The number of benzene rings is 1. The highest BCUT2D eigenvalue weighted by Gasteiger charge is 2.07. The molecule has 5 nitrogen and oxygen atoms in total. The molecule has 0 fully saturated rings. The highest BCUT2D eigenvalue weighted by atomic mass is 16.2. The topological polar surface area (TPSA) is 69.3 Å². The second-order valence-corrected chi connectivity index (χ2v) is 3.21. The normalized spacial score (nSPS) is 8.75. The van der Waals surface area contributed by atoms with Crippen LogP contribution in [-0.4, -0.2) is 5.91 Å². The minimum absolute atomic E-state index is 0.270. The highest BCUT2D eigenvalue weighted by molar-refractivity contribution is 5.76. The molecule has 0 spiro atoms. The summed E-state index contributed by atoms with van der Waals surface area (Å²) in [5.74, 6) is -0.270. The van der Waals surface area contributed by atoms with Crippen molar-refractivity contribution >= 4 is 17.3 Å². The van der Waals surface area contributed by atoms with Crippen LogP contribution in [0, 0.1) is 24.8 Å². The van der Waals surface area contributed by atoms with E-state index in [1.54, 1.807) is 13.0 Å². The predicted molar refractivity (Wildman–Crippen MR) is 59.6 cm³/mol. The monoisotopic (exact) mass is 214 g/mol. The number of nitrogens with zero attached hydrogens (tertiary/aromatic N) is 2. The number of anilines is 1. The Morgan fingerprint density at radius 3 is 2.75 bits per heavy atom. The lowest BCUT2D eigenvalue weighted by atomic mass is 10.1. The Morgan fingerprint density at radius 2 is 2.25 bits per heavy atom. The van der Waals surface area contributed by atoms with Crippen LogP contribution in [0.5, 0.6) is 0 Å². The van der Waals surface area contributed by atoms with Crippen molar-refractivity contribution in [2.24, 2.45) is 0 Å². The molecule has 1 aromatic carbocycles. The van der Waals surface area contributed by atoms with E-state index in [2.05, 4.69) is 15.7 Å². The molecule has 0 aliphatic carbocycles. The third kappa shape index (κ3) is 2.49. The lowest BCUT2D eigenvalue weighted by molar-refractivity contribution is -0.118. The summed E-state index contributed by atoms with van der Waals surface area (Å²) in [5, 5.41) is 8.89. The number of hydrazine groups is 1. The largest absolute Gasteiger partial charge is 0.299 e. The summed E-state index contributed by atoms with van der Waals surface area (Å²) in [6.45, 7) is 10.1. The Morgan fingerprint density at radius 1 is 1.56 bits per heavy atom. The smallest absolute Gasteiger partial charge is 0.235 e. The molecular formula is C11H10N4O. The second kappa shape index (κ2) is 4.81. The first kappa shape index (κ1) is 11.5. The summed E-state index contributed by atoms with van der Waals surface area (Å²) in [7, 11) is 0. The Labute approximate surface area is 93.5 Å². The number of hydrogen-bond donors (Lipinski definition) is 2. The van der Waals surface area contributed by atoms with Crippen molar-refractivity contribution in [3.8, 4) is 6.07 Å². The summed E-state index contributed by atoms with van der Waals surface area (Å²) in [6, 6.07) is 5.14. The minimum Gasteiger partial charge on any atom is -0.299 e. The van der Waals surface area contributed by atoms with Crippen molar-refractivity contribution in [1.82, 2.24) is 5.43 Å². The minimum atomic E-state index is -0.270. The van der Waals surface area contributed by atoms with Crippen molar-refractivity contribution in [3.05, 3.63) is 34.7 Å². The quantitative estimate of drug-likeness (QED) is 0.583. The number of amides is 1. The SMILES string of the molecule is [C-]#[N+]c1cc(NNC(C)=O)c(C#N)cc1C. The zero-order valence-electron chi connectivity index (χ0n) is 8.96. The van der Waals surface area contributed by atoms with Crippen molar-refractivity contribution in [2.75, 3.05) is 5.43 Å². The fraction of sp³-hybridized carbons (Fsp3) is 0.182. The Kier molecular flexibility index (Phi) is 3.47. The zero-order valence-corrected chi connectivity index (χ0v) is 8.96. The van der Waals surface area contributed by atoms with E-state index in [4.69, 9.17) is 11.8 Å².